The van der Waals surface area contributed by atoms with E-state index in [1.54, 1.807) is 19.1 Å². The molecule has 1 unspecified atom stereocenters. The number of carbonyl (C=O) groups excluding carboxylic acids is 1. The Morgan fingerprint density at radius 2 is 2.56 bits per heavy atom. The quantitative estimate of drug-likeness (QED) is 0.385. The number of cyclic esters (lactones) is 1. The summed E-state index contributed by atoms with van der Waals surface area (Å²) >= 11 is 0. The molecule has 9 heavy (non-hydrogen) atoms. The lowest BCUT2D eigenvalue weighted by atomic mass is 10.1. The molecule has 2 nitrogen and oxygen atoms in total. The fraction of sp³-hybridized carbons (Fsp3) is 0.286. The summed E-state index contributed by atoms with van der Waals surface area (Å²) in [6, 6.07) is 0. The lowest BCUT2D eigenvalue weighted by molar-refractivity contribution is -0.141. The van der Waals surface area contributed by atoms with Gasteiger partial charge < -0.3 is 4.74 Å². The highest BCUT2D eigenvalue weighted by molar-refractivity contribution is 5.85. The summed E-state index contributed by atoms with van der Waals surface area (Å²) in [6.45, 7) is 5.30. The average molecular weight is 124 g/mol. The van der Waals surface area contributed by atoms with Gasteiger partial charge in [-0.15, -0.1) is 0 Å². The average Bonchev–Trinajstić information content (AvgIpc) is 2.13. The molecule has 0 N–H and O–H groups in total. The highest BCUT2D eigenvalue weighted by Gasteiger charge is 2.25. The predicted octanol–water partition coefficient (Wildman–Crippen LogP) is 1.04. The van der Waals surface area contributed by atoms with Crippen LogP contribution in [0.25, 0.3) is 0 Å². The molecule has 48 valence electrons. The molecule has 1 heterocycles. The van der Waals surface area contributed by atoms with Crippen LogP contribution in [-0.4, -0.2) is 11.6 Å². The third-order valence-electron chi connectivity index (χ3n) is 1.28. The van der Waals surface area contributed by atoms with Crippen LogP contribution in [0.3, 0.4) is 0 Å². The summed E-state index contributed by atoms with van der Waals surface area (Å²) in [6.07, 6.45) is 4.68. The summed E-state index contributed by atoms with van der Waals surface area (Å²) in [5.74, 6) is -0.294. The third-order valence-corrected chi connectivity index (χ3v) is 1.28. The third kappa shape index (κ3) is 1.02. The molecule has 0 radical (unpaired) electrons. The second-order valence-corrected chi connectivity index (χ2v) is 2.14. The number of hydrogen-bond acceptors (Lipinski definition) is 2. The van der Waals surface area contributed by atoms with E-state index in [9.17, 15) is 4.79 Å². The normalized spacial score (nSPS) is 32.3. The molecule has 0 amide bonds. The first-order valence-electron chi connectivity index (χ1n) is 2.72. The van der Waals surface area contributed by atoms with Crippen LogP contribution in [0.1, 0.15) is 6.92 Å². The van der Waals surface area contributed by atoms with E-state index < -0.39 is 5.60 Å². The van der Waals surface area contributed by atoms with Gasteiger partial charge in [-0.25, -0.2) is 4.79 Å². The number of ether oxygens (including phenoxy) is 1. The molecule has 2 heteroatoms. The Hall–Kier alpha value is -1.05. The molecule has 0 fully saturated rings. The largest absolute Gasteiger partial charge is 0.448 e. The van der Waals surface area contributed by atoms with Gasteiger partial charge in [0.15, 0.2) is 0 Å². The number of esters is 1. The second-order valence-electron chi connectivity index (χ2n) is 2.14. The maximum atomic E-state index is 10.5. The molecule has 0 spiro atoms. The summed E-state index contributed by atoms with van der Waals surface area (Å²) in [5, 5.41) is 0. The molecule has 1 rings (SSSR count). The van der Waals surface area contributed by atoms with Crippen LogP contribution < -0.4 is 0 Å². The first kappa shape index (κ1) is 6.08. The van der Waals surface area contributed by atoms with Crippen LogP contribution in [0.15, 0.2) is 24.8 Å². The van der Waals surface area contributed by atoms with E-state index in [-0.39, 0.29) is 5.97 Å². The van der Waals surface area contributed by atoms with E-state index in [0.29, 0.717) is 0 Å². The van der Waals surface area contributed by atoms with Crippen molar-refractivity contribution in [3.05, 3.63) is 24.8 Å². The Bertz CT molecular complexity index is 181. The summed E-state index contributed by atoms with van der Waals surface area (Å²) in [7, 11) is 0. The van der Waals surface area contributed by atoms with Crippen molar-refractivity contribution in [2.45, 2.75) is 12.5 Å². The highest BCUT2D eigenvalue weighted by atomic mass is 16.6. The molecule has 0 aromatic carbocycles. The maximum absolute atomic E-state index is 10.5. The van der Waals surface area contributed by atoms with Gasteiger partial charge in [-0.1, -0.05) is 6.58 Å². The van der Waals surface area contributed by atoms with E-state index in [4.69, 9.17) is 4.74 Å². The number of hydrogen-bond donors (Lipinski definition) is 0. The fourth-order valence-electron chi connectivity index (χ4n) is 0.628. The monoisotopic (exact) mass is 124 g/mol. The minimum absolute atomic E-state index is 0.294. The number of rotatable bonds is 1. The van der Waals surface area contributed by atoms with Crippen molar-refractivity contribution in [1.82, 2.24) is 0 Å². The van der Waals surface area contributed by atoms with Crippen molar-refractivity contribution in [1.29, 1.82) is 0 Å². The Labute approximate surface area is 53.8 Å². The van der Waals surface area contributed by atoms with Gasteiger partial charge in [0.25, 0.3) is 0 Å². The molecule has 1 aliphatic rings. The van der Waals surface area contributed by atoms with E-state index in [0.717, 1.165) is 0 Å². The standard InChI is InChI=1S/C7H8O2/c1-3-7(2)5-4-6(8)9-7/h3-5H,1H2,2H3. The van der Waals surface area contributed by atoms with Crippen LogP contribution in [0, 0.1) is 0 Å². The van der Waals surface area contributed by atoms with Crippen molar-refractivity contribution in [3.8, 4) is 0 Å². The van der Waals surface area contributed by atoms with Gasteiger partial charge in [0.1, 0.15) is 5.60 Å². The molecule has 0 aromatic heterocycles. The Kier molecular flexibility index (Phi) is 1.16. The molecule has 0 aliphatic carbocycles. The Morgan fingerprint density at radius 3 is 2.78 bits per heavy atom. The molecular formula is C7H8O2. The van der Waals surface area contributed by atoms with Gasteiger partial charge in [-0.3, -0.25) is 0 Å². The van der Waals surface area contributed by atoms with Gasteiger partial charge in [-0.2, -0.15) is 0 Å². The van der Waals surface area contributed by atoms with Crippen molar-refractivity contribution in [2.75, 3.05) is 0 Å². The number of carbonyl (C=O) groups is 1. The second kappa shape index (κ2) is 1.72. The molecule has 1 atom stereocenters. The highest BCUT2D eigenvalue weighted by Crippen LogP contribution is 2.19. The van der Waals surface area contributed by atoms with E-state index in [1.807, 2.05) is 0 Å². The minimum Gasteiger partial charge on any atom is -0.448 e. The lowest BCUT2D eigenvalue weighted by Gasteiger charge is -2.14. The fourth-order valence-corrected chi connectivity index (χ4v) is 0.628. The van der Waals surface area contributed by atoms with Gasteiger partial charge in [-0.05, 0) is 19.1 Å². The van der Waals surface area contributed by atoms with Gasteiger partial charge >= 0.3 is 5.97 Å². The van der Waals surface area contributed by atoms with Crippen molar-refractivity contribution in [3.63, 3.8) is 0 Å². The molecule has 0 aromatic rings. The first-order valence-corrected chi connectivity index (χ1v) is 2.72. The molecule has 1 aliphatic heterocycles. The molecule has 0 saturated carbocycles. The zero-order valence-electron chi connectivity index (χ0n) is 5.26. The van der Waals surface area contributed by atoms with Crippen LogP contribution in [-0.2, 0) is 9.53 Å². The van der Waals surface area contributed by atoms with Crippen LogP contribution in [0.5, 0.6) is 0 Å². The molecule has 0 saturated heterocycles. The molecular weight excluding hydrogens is 116 g/mol. The minimum atomic E-state index is -0.558. The van der Waals surface area contributed by atoms with Crippen molar-refractivity contribution < 1.29 is 9.53 Å². The first-order chi connectivity index (χ1) is 4.16. The predicted molar refractivity (Wildman–Crippen MR) is 33.8 cm³/mol. The Morgan fingerprint density at radius 1 is 1.89 bits per heavy atom. The topological polar surface area (TPSA) is 26.3 Å². The summed E-state index contributed by atoms with van der Waals surface area (Å²) in [4.78, 5) is 10.5. The van der Waals surface area contributed by atoms with E-state index in [2.05, 4.69) is 6.58 Å². The van der Waals surface area contributed by atoms with E-state index in [1.165, 1.54) is 6.08 Å². The summed E-state index contributed by atoms with van der Waals surface area (Å²) in [5.41, 5.74) is -0.558. The molecule has 0 bridgehead atoms. The zero-order valence-corrected chi connectivity index (χ0v) is 5.26. The van der Waals surface area contributed by atoms with Gasteiger partial charge in [0, 0.05) is 6.08 Å². The zero-order chi connectivity index (χ0) is 6.91. The van der Waals surface area contributed by atoms with Crippen LogP contribution in [0.2, 0.25) is 0 Å². The lowest BCUT2D eigenvalue weighted by Crippen LogP contribution is -2.19. The summed E-state index contributed by atoms with van der Waals surface area (Å²) < 4.78 is 4.83. The van der Waals surface area contributed by atoms with Gasteiger partial charge in [0.2, 0.25) is 0 Å². The van der Waals surface area contributed by atoms with E-state index >= 15 is 0 Å². The Balaban J connectivity index is 2.79. The van der Waals surface area contributed by atoms with Crippen molar-refractivity contribution in [2.24, 2.45) is 0 Å². The van der Waals surface area contributed by atoms with Crippen LogP contribution >= 0.6 is 0 Å². The van der Waals surface area contributed by atoms with Crippen molar-refractivity contribution >= 4 is 5.97 Å². The van der Waals surface area contributed by atoms with Crippen LogP contribution in [0.4, 0.5) is 0 Å². The van der Waals surface area contributed by atoms with Gasteiger partial charge in [0.05, 0.1) is 0 Å². The maximum Gasteiger partial charge on any atom is 0.331 e. The SMILES string of the molecule is C=CC1(C)C=CC(=O)O1. The smallest absolute Gasteiger partial charge is 0.331 e.